The molecule has 1 N–H and O–H groups in total. The largest absolute Gasteiger partial charge is 0.346 e. The number of pyridine rings is 1. The lowest BCUT2D eigenvalue weighted by Gasteiger charge is -2.05. The summed E-state index contributed by atoms with van der Waals surface area (Å²) in [5, 5.41) is 21.6. The first kappa shape index (κ1) is 19.9. The third-order valence-electron chi connectivity index (χ3n) is 3.78. The van der Waals surface area contributed by atoms with Gasteiger partial charge in [0.25, 0.3) is 5.91 Å². The van der Waals surface area contributed by atoms with E-state index in [1.165, 1.54) is 35.2 Å². The Bertz CT molecular complexity index is 1040. The van der Waals surface area contributed by atoms with Crippen molar-refractivity contribution in [2.45, 2.75) is 31.2 Å². The predicted molar refractivity (Wildman–Crippen MR) is 105 cm³/mol. The molecule has 0 aliphatic rings. The maximum atomic E-state index is 12.9. The number of aromatic nitrogens is 3. The smallest absolute Gasteiger partial charge is 0.282 e. The van der Waals surface area contributed by atoms with Gasteiger partial charge in [-0.3, -0.25) is 4.79 Å². The Morgan fingerprint density at radius 3 is 2.75 bits per heavy atom. The van der Waals surface area contributed by atoms with Crippen LogP contribution < -0.4 is 5.32 Å². The van der Waals surface area contributed by atoms with Gasteiger partial charge < -0.3 is 5.32 Å². The summed E-state index contributed by atoms with van der Waals surface area (Å²) in [5.41, 5.74) is 3.07. The molecule has 6 nitrogen and oxygen atoms in total. The number of benzene rings is 1. The molecule has 0 saturated heterocycles. The van der Waals surface area contributed by atoms with E-state index in [1.807, 2.05) is 19.9 Å². The summed E-state index contributed by atoms with van der Waals surface area (Å²) < 4.78 is 12.9. The molecule has 3 aromatic rings. The van der Waals surface area contributed by atoms with Crippen LogP contribution in [0.1, 0.15) is 37.2 Å². The number of carbonyl (C=O) groups excluding carboxylic acids is 1. The van der Waals surface area contributed by atoms with Crippen LogP contribution >= 0.6 is 23.1 Å². The number of rotatable bonds is 6. The average Bonchev–Trinajstić information content (AvgIpc) is 3.14. The summed E-state index contributed by atoms with van der Waals surface area (Å²) >= 11 is 2.59. The first-order chi connectivity index (χ1) is 13.5. The minimum absolute atomic E-state index is 0.256. The minimum Gasteiger partial charge on any atom is -0.346 e. The van der Waals surface area contributed by atoms with Crippen LogP contribution in [-0.4, -0.2) is 21.1 Å². The molecule has 2 aromatic heterocycles. The highest BCUT2D eigenvalue weighted by Crippen LogP contribution is 2.27. The summed E-state index contributed by atoms with van der Waals surface area (Å²) in [6, 6.07) is 9.97. The number of nitriles is 1. The van der Waals surface area contributed by atoms with Crippen molar-refractivity contribution in [3.63, 3.8) is 0 Å². The first-order valence-electron chi connectivity index (χ1n) is 8.32. The molecule has 9 heteroatoms. The zero-order chi connectivity index (χ0) is 20.1. The Hall–Kier alpha value is -2.83. The van der Waals surface area contributed by atoms with Gasteiger partial charge >= 0.3 is 0 Å². The Morgan fingerprint density at radius 1 is 1.29 bits per heavy atom. The molecule has 0 aliphatic heterocycles. The van der Waals surface area contributed by atoms with Gasteiger partial charge in [-0.15, -0.1) is 10.2 Å². The van der Waals surface area contributed by atoms with E-state index in [0.29, 0.717) is 21.3 Å². The Kier molecular flexibility index (Phi) is 6.34. The van der Waals surface area contributed by atoms with Crippen LogP contribution in [0.25, 0.3) is 0 Å². The van der Waals surface area contributed by atoms with E-state index in [9.17, 15) is 14.4 Å². The number of aryl methyl sites for hydroxylation is 2. The molecular formula is C19H16FN5OS2. The Balaban J connectivity index is 1.60. The molecule has 2 heterocycles. The average molecular weight is 414 g/mol. The van der Waals surface area contributed by atoms with E-state index >= 15 is 0 Å². The molecule has 28 heavy (non-hydrogen) atoms. The Labute approximate surface area is 169 Å². The van der Waals surface area contributed by atoms with Crippen LogP contribution in [0.5, 0.6) is 0 Å². The van der Waals surface area contributed by atoms with Crippen molar-refractivity contribution in [2.24, 2.45) is 0 Å². The molecule has 0 fully saturated rings. The van der Waals surface area contributed by atoms with E-state index in [-0.39, 0.29) is 23.3 Å². The van der Waals surface area contributed by atoms with Crippen molar-refractivity contribution in [1.82, 2.24) is 20.5 Å². The molecule has 1 amide bonds. The molecular weight excluding hydrogens is 397 g/mol. The lowest BCUT2D eigenvalue weighted by atomic mass is 10.1. The summed E-state index contributed by atoms with van der Waals surface area (Å²) in [6.45, 7) is 4.04. The molecule has 0 spiro atoms. The fourth-order valence-corrected chi connectivity index (χ4v) is 4.28. The number of nitrogens with zero attached hydrogens (tertiary/aromatic N) is 4. The predicted octanol–water partition coefficient (Wildman–Crippen LogP) is 3.78. The topological polar surface area (TPSA) is 91.6 Å². The quantitative estimate of drug-likeness (QED) is 0.618. The molecule has 0 saturated carbocycles. The lowest BCUT2D eigenvalue weighted by Crippen LogP contribution is -2.22. The number of hydrogen-bond donors (Lipinski definition) is 1. The van der Waals surface area contributed by atoms with Gasteiger partial charge in [-0.2, -0.15) is 5.26 Å². The maximum absolute atomic E-state index is 12.9. The molecule has 0 bridgehead atoms. The zero-order valence-electron chi connectivity index (χ0n) is 15.2. The van der Waals surface area contributed by atoms with Crippen LogP contribution in [0.15, 0.2) is 35.4 Å². The van der Waals surface area contributed by atoms with Gasteiger partial charge in [-0.25, -0.2) is 9.37 Å². The molecule has 0 aliphatic carbocycles. The van der Waals surface area contributed by atoms with Gasteiger partial charge in [0.1, 0.15) is 21.9 Å². The lowest BCUT2D eigenvalue weighted by molar-refractivity contribution is 0.0950. The van der Waals surface area contributed by atoms with Gasteiger partial charge in [-0.05, 0) is 43.2 Å². The molecule has 0 radical (unpaired) electrons. The van der Waals surface area contributed by atoms with Crippen LogP contribution in [-0.2, 0) is 12.3 Å². The highest BCUT2D eigenvalue weighted by Gasteiger charge is 2.15. The molecule has 1 aromatic carbocycles. The fourth-order valence-electron chi connectivity index (χ4n) is 2.44. The minimum atomic E-state index is -0.333. The standard InChI is InChI=1S/C19H16FN5OS2/c1-11-7-12(2)23-18(15(11)8-21)27-10-16-24-25-19(28-16)17(26)22-9-13-3-5-14(20)6-4-13/h3-7H,9-10H2,1-2H3,(H,22,26). The number of hydrogen-bond acceptors (Lipinski definition) is 7. The van der Waals surface area contributed by atoms with E-state index in [0.717, 1.165) is 16.8 Å². The second-order valence-corrected chi connectivity index (χ2v) is 8.00. The summed E-state index contributed by atoms with van der Waals surface area (Å²) in [5.74, 6) is -0.187. The molecule has 142 valence electrons. The van der Waals surface area contributed by atoms with Crippen molar-refractivity contribution in [3.8, 4) is 6.07 Å². The van der Waals surface area contributed by atoms with Crippen LogP contribution in [0.2, 0.25) is 0 Å². The van der Waals surface area contributed by atoms with Crippen LogP contribution in [0.3, 0.4) is 0 Å². The van der Waals surface area contributed by atoms with Gasteiger partial charge in [0.2, 0.25) is 5.01 Å². The van der Waals surface area contributed by atoms with Crippen molar-refractivity contribution in [1.29, 1.82) is 5.26 Å². The second kappa shape index (κ2) is 8.91. The highest BCUT2D eigenvalue weighted by molar-refractivity contribution is 7.98. The number of carbonyl (C=O) groups is 1. The number of amides is 1. The van der Waals surface area contributed by atoms with Crippen molar-refractivity contribution in [2.75, 3.05) is 0 Å². The van der Waals surface area contributed by atoms with E-state index in [1.54, 1.807) is 12.1 Å². The number of thioether (sulfide) groups is 1. The van der Waals surface area contributed by atoms with Crippen molar-refractivity contribution < 1.29 is 9.18 Å². The van der Waals surface area contributed by atoms with Gasteiger partial charge in [-0.1, -0.05) is 35.2 Å². The van der Waals surface area contributed by atoms with Gasteiger partial charge in [0.05, 0.1) is 11.3 Å². The summed E-state index contributed by atoms with van der Waals surface area (Å²) in [6.07, 6.45) is 0. The highest BCUT2D eigenvalue weighted by atomic mass is 32.2. The van der Waals surface area contributed by atoms with Gasteiger partial charge in [0, 0.05) is 12.2 Å². The summed E-state index contributed by atoms with van der Waals surface area (Å²) in [4.78, 5) is 16.6. The van der Waals surface area contributed by atoms with Gasteiger partial charge in [0.15, 0.2) is 0 Å². The van der Waals surface area contributed by atoms with Crippen LogP contribution in [0, 0.1) is 31.0 Å². The monoisotopic (exact) mass is 413 g/mol. The summed E-state index contributed by atoms with van der Waals surface area (Å²) in [7, 11) is 0. The molecule has 3 rings (SSSR count). The molecule has 0 atom stereocenters. The van der Waals surface area contributed by atoms with Crippen molar-refractivity contribution in [3.05, 3.63) is 68.5 Å². The van der Waals surface area contributed by atoms with E-state index in [2.05, 4.69) is 26.6 Å². The maximum Gasteiger partial charge on any atom is 0.282 e. The zero-order valence-corrected chi connectivity index (χ0v) is 16.8. The Morgan fingerprint density at radius 2 is 2.04 bits per heavy atom. The normalized spacial score (nSPS) is 10.5. The van der Waals surface area contributed by atoms with Crippen LogP contribution in [0.4, 0.5) is 4.39 Å². The SMILES string of the molecule is Cc1cc(C)c(C#N)c(SCc2nnc(C(=O)NCc3ccc(F)cc3)s2)n1. The third-order valence-corrected chi connectivity index (χ3v) is 5.87. The van der Waals surface area contributed by atoms with Crippen molar-refractivity contribution >= 4 is 29.0 Å². The third kappa shape index (κ3) is 4.91. The number of halogens is 1. The number of nitrogens with one attached hydrogen (secondary N) is 1. The fraction of sp³-hybridized carbons (Fsp3) is 0.211. The second-order valence-electron chi connectivity index (χ2n) is 5.97. The van der Waals surface area contributed by atoms with E-state index < -0.39 is 0 Å². The van der Waals surface area contributed by atoms with E-state index in [4.69, 9.17) is 0 Å². The molecule has 0 unspecified atom stereocenters. The first-order valence-corrected chi connectivity index (χ1v) is 10.1.